The van der Waals surface area contributed by atoms with Crippen molar-refractivity contribution in [2.45, 2.75) is 31.2 Å². The number of carbonyl (C=O) groups excluding carboxylic acids is 2. The minimum absolute atomic E-state index is 0.0737. The molecule has 2 aromatic rings. The highest BCUT2D eigenvalue weighted by molar-refractivity contribution is 8.00. The summed E-state index contributed by atoms with van der Waals surface area (Å²) in [6.45, 7) is 6.09. The summed E-state index contributed by atoms with van der Waals surface area (Å²) >= 11 is 1.08. The molecule has 0 bridgehead atoms. The molecule has 1 aromatic carbocycles. The second kappa shape index (κ2) is 8.52. The number of nitrogens with two attached hydrogens (primary N) is 1. The Kier molecular flexibility index (Phi) is 6.40. The Bertz CT molecular complexity index is 747. The summed E-state index contributed by atoms with van der Waals surface area (Å²) in [5.74, 6) is 0.360. The number of primary amides is 1. The molecule has 3 amide bonds. The van der Waals surface area contributed by atoms with Crippen LogP contribution in [-0.2, 0) is 4.79 Å². The predicted molar refractivity (Wildman–Crippen MR) is 93.1 cm³/mol. The smallest absolute Gasteiger partial charge is 0.318 e. The van der Waals surface area contributed by atoms with Gasteiger partial charge in [-0.3, -0.25) is 10.1 Å². The Labute approximate surface area is 149 Å². The third kappa shape index (κ3) is 4.96. The lowest BCUT2D eigenvalue weighted by Gasteiger charge is -2.16. The van der Waals surface area contributed by atoms with Crippen molar-refractivity contribution < 1.29 is 18.7 Å². The number of thioether (sulfide) groups is 1. The lowest BCUT2D eigenvalue weighted by molar-refractivity contribution is -0.120. The Morgan fingerprint density at radius 2 is 2.04 bits per heavy atom. The van der Waals surface area contributed by atoms with Gasteiger partial charge in [0, 0.05) is 0 Å². The fourth-order valence-corrected chi connectivity index (χ4v) is 2.95. The Hall–Kier alpha value is -2.55. The summed E-state index contributed by atoms with van der Waals surface area (Å²) in [6.07, 6.45) is 0. The first-order chi connectivity index (χ1) is 11.9. The van der Waals surface area contributed by atoms with Crippen LogP contribution in [0.5, 0.6) is 5.75 Å². The lowest BCUT2D eigenvalue weighted by Crippen LogP contribution is -2.42. The van der Waals surface area contributed by atoms with E-state index in [9.17, 15) is 9.59 Å². The second-order valence-electron chi connectivity index (χ2n) is 5.44. The molecular weight excluding hydrogens is 344 g/mol. The zero-order valence-corrected chi connectivity index (χ0v) is 15.0. The number of ether oxygens (including phenoxy) is 1. The maximum atomic E-state index is 12.1. The molecule has 0 radical (unpaired) electrons. The molecular formula is C16H20N4O4S. The molecule has 0 fully saturated rings. The number of nitrogens with zero attached hydrogens (tertiary/aromatic N) is 2. The van der Waals surface area contributed by atoms with E-state index in [0.717, 1.165) is 11.8 Å². The van der Waals surface area contributed by atoms with Gasteiger partial charge in [0.2, 0.25) is 5.91 Å². The molecule has 25 heavy (non-hydrogen) atoms. The van der Waals surface area contributed by atoms with Crippen LogP contribution in [0.4, 0.5) is 4.79 Å². The van der Waals surface area contributed by atoms with Crippen molar-refractivity contribution in [3.63, 3.8) is 0 Å². The van der Waals surface area contributed by atoms with Gasteiger partial charge in [-0.05, 0) is 25.0 Å². The summed E-state index contributed by atoms with van der Waals surface area (Å²) < 4.78 is 11.2. The number of urea groups is 1. The molecule has 134 valence electrons. The maximum Gasteiger partial charge on any atom is 0.318 e. The summed E-state index contributed by atoms with van der Waals surface area (Å²) in [7, 11) is 0. The second-order valence-corrected chi connectivity index (χ2v) is 6.53. The summed E-state index contributed by atoms with van der Waals surface area (Å²) in [4.78, 5) is 23.0. The summed E-state index contributed by atoms with van der Waals surface area (Å²) in [5.41, 5.74) is 5.68. The lowest BCUT2D eigenvalue weighted by atomic mass is 10.1. The molecule has 0 aliphatic heterocycles. The Balaban J connectivity index is 2.20. The van der Waals surface area contributed by atoms with Crippen molar-refractivity contribution in [2.75, 3.05) is 6.61 Å². The van der Waals surface area contributed by atoms with Gasteiger partial charge in [0.1, 0.15) is 5.75 Å². The third-order valence-electron chi connectivity index (χ3n) is 3.16. The number of aromatic nitrogens is 2. The number of hydrogen-bond donors (Lipinski definition) is 2. The zero-order chi connectivity index (χ0) is 18.4. The van der Waals surface area contributed by atoms with Crippen LogP contribution >= 0.6 is 11.8 Å². The number of nitrogens with one attached hydrogen (secondary N) is 1. The number of benzene rings is 1. The van der Waals surface area contributed by atoms with Gasteiger partial charge in [-0.25, -0.2) is 4.79 Å². The molecule has 8 nitrogen and oxygen atoms in total. The van der Waals surface area contributed by atoms with Crippen molar-refractivity contribution in [3.8, 4) is 17.2 Å². The number of imide groups is 1. The van der Waals surface area contributed by atoms with Crippen molar-refractivity contribution in [2.24, 2.45) is 11.7 Å². The molecule has 1 aromatic heterocycles. The highest BCUT2D eigenvalue weighted by Gasteiger charge is 2.27. The van der Waals surface area contributed by atoms with E-state index in [4.69, 9.17) is 14.9 Å². The quantitative estimate of drug-likeness (QED) is 0.724. The standard InChI is InChI=1S/C16H20N4O4S/c1-4-23-11-8-6-5-7-10(11)14-19-20-16(24-14)25-12(9(2)3)13(21)18-15(17)22/h5-9,12H,4H2,1-3H3,(H3,17,18,21,22). The first-order valence-corrected chi connectivity index (χ1v) is 8.63. The number of hydrogen-bond acceptors (Lipinski definition) is 7. The van der Waals surface area contributed by atoms with Gasteiger partial charge in [0.25, 0.3) is 11.1 Å². The van der Waals surface area contributed by atoms with Crippen LogP contribution in [0.2, 0.25) is 0 Å². The van der Waals surface area contributed by atoms with Crippen LogP contribution in [-0.4, -0.2) is 34.0 Å². The molecule has 0 aliphatic rings. The fraction of sp³-hybridized carbons (Fsp3) is 0.375. The summed E-state index contributed by atoms with van der Waals surface area (Å²) in [6, 6.07) is 6.42. The van der Waals surface area contributed by atoms with Crippen LogP contribution in [0.1, 0.15) is 20.8 Å². The van der Waals surface area contributed by atoms with E-state index in [1.54, 1.807) is 0 Å². The maximum absolute atomic E-state index is 12.1. The van der Waals surface area contributed by atoms with Gasteiger partial charge in [-0.2, -0.15) is 0 Å². The Morgan fingerprint density at radius 3 is 2.68 bits per heavy atom. The highest BCUT2D eigenvalue weighted by Crippen LogP contribution is 2.33. The predicted octanol–water partition coefficient (Wildman–Crippen LogP) is 2.45. The number of rotatable bonds is 7. The van der Waals surface area contributed by atoms with E-state index < -0.39 is 17.2 Å². The van der Waals surface area contributed by atoms with Gasteiger partial charge in [0.15, 0.2) is 0 Å². The topological polar surface area (TPSA) is 120 Å². The van der Waals surface area contributed by atoms with Crippen molar-refractivity contribution in [1.29, 1.82) is 0 Å². The molecule has 9 heteroatoms. The van der Waals surface area contributed by atoms with Crippen molar-refractivity contribution in [1.82, 2.24) is 15.5 Å². The van der Waals surface area contributed by atoms with Gasteiger partial charge in [-0.1, -0.05) is 37.7 Å². The highest BCUT2D eigenvalue weighted by atomic mass is 32.2. The fourth-order valence-electron chi connectivity index (χ4n) is 2.08. The SMILES string of the molecule is CCOc1ccccc1-c1nnc(SC(C(=O)NC(N)=O)C(C)C)o1. The number of amides is 3. The van der Waals surface area contributed by atoms with Crippen LogP contribution in [0, 0.1) is 5.92 Å². The first kappa shape index (κ1) is 18.8. The largest absolute Gasteiger partial charge is 0.493 e. The van der Waals surface area contributed by atoms with E-state index >= 15 is 0 Å². The van der Waals surface area contributed by atoms with Gasteiger partial charge in [0.05, 0.1) is 17.4 Å². The van der Waals surface area contributed by atoms with Crippen LogP contribution < -0.4 is 15.8 Å². The Morgan fingerprint density at radius 1 is 1.32 bits per heavy atom. The van der Waals surface area contributed by atoms with Gasteiger partial charge in [-0.15, -0.1) is 10.2 Å². The molecule has 1 unspecified atom stereocenters. The molecule has 0 aliphatic carbocycles. The van der Waals surface area contributed by atoms with E-state index in [-0.39, 0.29) is 11.1 Å². The van der Waals surface area contributed by atoms with Gasteiger partial charge < -0.3 is 14.9 Å². The molecule has 1 heterocycles. The van der Waals surface area contributed by atoms with E-state index in [0.29, 0.717) is 23.8 Å². The average molecular weight is 364 g/mol. The van der Waals surface area contributed by atoms with Crippen LogP contribution in [0.15, 0.2) is 33.9 Å². The minimum Gasteiger partial charge on any atom is -0.493 e. The first-order valence-electron chi connectivity index (χ1n) is 7.75. The van der Waals surface area contributed by atoms with Gasteiger partial charge >= 0.3 is 6.03 Å². The molecule has 1 atom stereocenters. The van der Waals surface area contributed by atoms with Crippen molar-refractivity contribution >= 4 is 23.7 Å². The summed E-state index contributed by atoms with van der Waals surface area (Å²) in [5, 5.41) is 9.70. The van der Waals surface area contributed by atoms with E-state index in [2.05, 4.69) is 15.5 Å². The number of para-hydroxylation sites is 1. The molecule has 0 saturated heterocycles. The van der Waals surface area contributed by atoms with E-state index in [1.807, 2.05) is 45.0 Å². The normalized spacial score (nSPS) is 12.0. The average Bonchev–Trinajstić information content (AvgIpc) is 3.01. The molecule has 0 saturated carbocycles. The van der Waals surface area contributed by atoms with Crippen LogP contribution in [0.25, 0.3) is 11.5 Å². The molecule has 2 rings (SSSR count). The number of carbonyl (C=O) groups is 2. The minimum atomic E-state index is -0.895. The molecule has 3 N–H and O–H groups in total. The third-order valence-corrected chi connectivity index (χ3v) is 4.54. The van der Waals surface area contributed by atoms with E-state index in [1.165, 1.54) is 0 Å². The molecule has 0 spiro atoms. The van der Waals surface area contributed by atoms with Crippen LogP contribution in [0.3, 0.4) is 0 Å². The monoisotopic (exact) mass is 364 g/mol. The zero-order valence-electron chi connectivity index (χ0n) is 14.2. The van der Waals surface area contributed by atoms with Crippen molar-refractivity contribution in [3.05, 3.63) is 24.3 Å².